The van der Waals surface area contributed by atoms with Gasteiger partial charge in [-0.1, -0.05) is 13.3 Å². The Kier molecular flexibility index (Phi) is 6.69. The van der Waals surface area contributed by atoms with Crippen LogP contribution in [0.4, 0.5) is 17.1 Å². The number of hydrogen-bond acceptors (Lipinski definition) is 4. The molecule has 1 aliphatic rings. The van der Waals surface area contributed by atoms with Crippen molar-refractivity contribution in [3.63, 3.8) is 0 Å². The molecule has 0 unspecified atom stereocenters. The van der Waals surface area contributed by atoms with E-state index in [9.17, 15) is 4.79 Å². The molecule has 0 aliphatic carbocycles. The van der Waals surface area contributed by atoms with Gasteiger partial charge < -0.3 is 15.1 Å². The van der Waals surface area contributed by atoms with Gasteiger partial charge in [-0.2, -0.15) is 0 Å². The van der Waals surface area contributed by atoms with E-state index in [-0.39, 0.29) is 5.91 Å². The minimum absolute atomic E-state index is 0.175. The maximum atomic E-state index is 12.6. The number of rotatable bonds is 7. The molecule has 0 saturated carbocycles. The topological polar surface area (TPSA) is 48.5 Å². The maximum Gasteiger partial charge on any atom is 0.274 e. The Morgan fingerprint density at radius 2 is 1.89 bits per heavy atom. The van der Waals surface area contributed by atoms with Crippen molar-refractivity contribution in [3.8, 4) is 0 Å². The smallest absolute Gasteiger partial charge is 0.274 e. The van der Waals surface area contributed by atoms with Crippen LogP contribution >= 0.6 is 0 Å². The summed E-state index contributed by atoms with van der Waals surface area (Å²) in [6.07, 6.45) is 7.82. The van der Waals surface area contributed by atoms with Crippen molar-refractivity contribution in [1.29, 1.82) is 0 Å². The number of anilines is 3. The standard InChI is InChI=1S/C22H30N4O/c1-3-4-14-25(2)20-12-13-23-21(17-20)22(27)24-18-8-10-19(11-9-18)26-15-6-5-7-16-26/h8-13,17H,3-7,14-16H2,1-2H3,(H,24,27). The second-order valence-electron chi connectivity index (χ2n) is 7.22. The Labute approximate surface area is 162 Å². The van der Waals surface area contributed by atoms with Crippen molar-refractivity contribution >= 4 is 23.0 Å². The van der Waals surface area contributed by atoms with Crippen molar-refractivity contribution in [3.05, 3.63) is 48.3 Å². The average Bonchev–Trinajstić information content (AvgIpc) is 2.73. The largest absolute Gasteiger partial charge is 0.374 e. The SMILES string of the molecule is CCCCN(C)c1ccnc(C(=O)Nc2ccc(N3CCCCC3)cc2)c1. The number of nitrogens with one attached hydrogen (secondary N) is 1. The normalized spacial score (nSPS) is 14.1. The number of carbonyl (C=O) groups excluding carboxylic acids is 1. The molecule has 1 amide bonds. The molecule has 0 spiro atoms. The molecular weight excluding hydrogens is 336 g/mol. The van der Waals surface area contributed by atoms with E-state index in [0.29, 0.717) is 5.69 Å². The van der Waals surface area contributed by atoms with Crippen LogP contribution in [0.25, 0.3) is 0 Å². The third kappa shape index (κ3) is 5.22. The Balaban J connectivity index is 1.63. The van der Waals surface area contributed by atoms with Gasteiger partial charge >= 0.3 is 0 Å². The van der Waals surface area contributed by atoms with Gasteiger partial charge in [0.25, 0.3) is 5.91 Å². The predicted octanol–water partition coefficient (Wildman–Crippen LogP) is 4.56. The fourth-order valence-electron chi connectivity index (χ4n) is 3.41. The Hall–Kier alpha value is -2.56. The highest BCUT2D eigenvalue weighted by Crippen LogP contribution is 2.22. The van der Waals surface area contributed by atoms with Crippen LogP contribution in [-0.2, 0) is 0 Å². The van der Waals surface area contributed by atoms with Crippen LogP contribution in [0.5, 0.6) is 0 Å². The van der Waals surface area contributed by atoms with Crippen LogP contribution in [0.1, 0.15) is 49.5 Å². The summed E-state index contributed by atoms with van der Waals surface area (Å²) < 4.78 is 0. The van der Waals surface area contributed by atoms with Gasteiger partial charge in [-0.05, 0) is 62.1 Å². The van der Waals surface area contributed by atoms with E-state index in [1.165, 1.54) is 24.9 Å². The Morgan fingerprint density at radius 1 is 1.15 bits per heavy atom. The summed E-state index contributed by atoms with van der Waals surface area (Å²) in [7, 11) is 2.05. The third-order valence-corrected chi connectivity index (χ3v) is 5.11. The molecular formula is C22H30N4O. The van der Waals surface area contributed by atoms with Gasteiger partial charge in [-0.3, -0.25) is 9.78 Å². The van der Waals surface area contributed by atoms with E-state index < -0.39 is 0 Å². The molecule has 1 aromatic heterocycles. The molecule has 144 valence electrons. The second-order valence-corrected chi connectivity index (χ2v) is 7.22. The van der Waals surface area contributed by atoms with Crippen LogP contribution < -0.4 is 15.1 Å². The summed E-state index contributed by atoms with van der Waals surface area (Å²) >= 11 is 0. The molecule has 0 bridgehead atoms. The summed E-state index contributed by atoms with van der Waals surface area (Å²) in [6.45, 7) is 5.39. The molecule has 1 aliphatic heterocycles. The van der Waals surface area contributed by atoms with Gasteiger partial charge in [0.2, 0.25) is 0 Å². The number of benzene rings is 1. The molecule has 1 aromatic carbocycles. The lowest BCUT2D eigenvalue weighted by atomic mass is 10.1. The number of carbonyl (C=O) groups is 1. The van der Waals surface area contributed by atoms with Crippen molar-refractivity contribution in [2.75, 3.05) is 41.8 Å². The molecule has 0 atom stereocenters. The molecule has 0 radical (unpaired) electrons. The number of amides is 1. The molecule has 5 heteroatoms. The molecule has 27 heavy (non-hydrogen) atoms. The number of nitrogens with zero attached hydrogens (tertiary/aromatic N) is 3. The highest BCUT2D eigenvalue weighted by atomic mass is 16.1. The van der Waals surface area contributed by atoms with E-state index in [0.717, 1.165) is 43.9 Å². The minimum atomic E-state index is -0.175. The Bertz CT molecular complexity index is 738. The van der Waals surface area contributed by atoms with E-state index in [1.54, 1.807) is 6.20 Å². The fraction of sp³-hybridized carbons (Fsp3) is 0.455. The Morgan fingerprint density at radius 3 is 2.59 bits per heavy atom. The first-order valence-electron chi connectivity index (χ1n) is 10.0. The van der Waals surface area contributed by atoms with E-state index in [2.05, 4.69) is 39.2 Å². The van der Waals surface area contributed by atoms with Gasteiger partial charge in [0, 0.05) is 49.9 Å². The third-order valence-electron chi connectivity index (χ3n) is 5.11. The van der Waals surface area contributed by atoms with Crippen LogP contribution in [0, 0.1) is 0 Å². The summed E-state index contributed by atoms with van der Waals surface area (Å²) in [5.74, 6) is -0.175. The molecule has 1 N–H and O–H groups in total. The van der Waals surface area contributed by atoms with Crippen molar-refractivity contribution in [1.82, 2.24) is 4.98 Å². The highest BCUT2D eigenvalue weighted by Gasteiger charge is 2.12. The first-order chi connectivity index (χ1) is 13.2. The molecule has 2 aromatic rings. The van der Waals surface area contributed by atoms with Crippen molar-refractivity contribution < 1.29 is 4.79 Å². The zero-order valence-corrected chi connectivity index (χ0v) is 16.4. The van der Waals surface area contributed by atoms with Crippen LogP contribution in [0.15, 0.2) is 42.6 Å². The number of aromatic nitrogens is 1. The lowest BCUT2D eigenvalue weighted by Gasteiger charge is -2.28. The monoisotopic (exact) mass is 366 g/mol. The lowest BCUT2D eigenvalue weighted by Crippen LogP contribution is -2.29. The maximum absolute atomic E-state index is 12.6. The molecule has 2 heterocycles. The molecule has 1 fully saturated rings. The number of unbranched alkanes of at least 4 members (excludes halogenated alkanes) is 1. The quantitative estimate of drug-likeness (QED) is 0.780. The van der Waals surface area contributed by atoms with Gasteiger partial charge in [0.1, 0.15) is 5.69 Å². The van der Waals surface area contributed by atoms with Crippen LogP contribution in [0.3, 0.4) is 0 Å². The van der Waals surface area contributed by atoms with Crippen molar-refractivity contribution in [2.45, 2.75) is 39.0 Å². The predicted molar refractivity (Wildman–Crippen MR) is 113 cm³/mol. The molecule has 5 nitrogen and oxygen atoms in total. The van der Waals surface area contributed by atoms with E-state index in [1.807, 2.05) is 31.3 Å². The average molecular weight is 367 g/mol. The zero-order valence-electron chi connectivity index (χ0n) is 16.4. The molecule has 1 saturated heterocycles. The van der Waals surface area contributed by atoms with Gasteiger partial charge in [0.05, 0.1) is 0 Å². The number of pyridine rings is 1. The second kappa shape index (κ2) is 9.40. The summed E-state index contributed by atoms with van der Waals surface area (Å²) in [5, 5.41) is 2.96. The number of piperidine rings is 1. The first kappa shape index (κ1) is 19.2. The van der Waals surface area contributed by atoms with Gasteiger partial charge in [-0.15, -0.1) is 0 Å². The van der Waals surface area contributed by atoms with Crippen LogP contribution in [-0.4, -0.2) is 37.6 Å². The van der Waals surface area contributed by atoms with E-state index in [4.69, 9.17) is 0 Å². The summed E-state index contributed by atoms with van der Waals surface area (Å²) in [6, 6.07) is 11.9. The lowest BCUT2D eigenvalue weighted by molar-refractivity contribution is 0.102. The van der Waals surface area contributed by atoms with Gasteiger partial charge in [0.15, 0.2) is 0 Å². The van der Waals surface area contributed by atoms with Gasteiger partial charge in [-0.25, -0.2) is 0 Å². The molecule has 3 rings (SSSR count). The zero-order chi connectivity index (χ0) is 19.1. The number of hydrogen-bond donors (Lipinski definition) is 1. The fourth-order valence-corrected chi connectivity index (χ4v) is 3.41. The van der Waals surface area contributed by atoms with Crippen LogP contribution in [0.2, 0.25) is 0 Å². The first-order valence-corrected chi connectivity index (χ1v) is 10.0. The van der Waals surface area contributed by atoms with Crippen molar-refractivity contribution in [2.24, 2.45) is 0 Å². The highest BCUT2D eigenvalue weighted by molar-refractivity contribution is 6.03. The minimum Gasteiger partial charge on any atom is -0.374 e. The van der Waals surface area contributed by atoms with E-state index >= 15 is 0 Å². The summed E-state index contributed by atoms with van der Waals surface area (Å²) in [4.78, 5) is 21.4. The summed E-state index contributed by atoms with van der Waals surface area (Å²) in [5.41, 5.74) is 3.48.